The first-order chi connectivity index (χ1) is 16.5. The molecule has 0 spiro atoms. The number of carbonyl (C=O) groups is 1. The van der Waals surface area contributed by atoms with Crippen LogP contribution in [0.25, 0.3) is 10.9 Å². The Bertz CT molecular complexity index is 1240. The predicted octanol–water partition coefficient (Wildman–Crippen LogP) is 2.86. The van der Waals surface area contributed by atoms with Crippen molar-refractivity contribution in [3.63, 3.8) is 0 Å². The van der Waals surface area contributed by atoms with Crippen molar-refractivity contribution < 1.29 is 24.3 Å². The predicted molar refractivity (Wildman–Crippen MR) is 135 cm³/mol. The van der Waals surface area contributed by atoms with E-state index in [0.29, 0.717) is 27.5 Å². The Balaban J connectivity index is 1.57. The molecular weight excluding hydrogens is 471 g/mol. The molecule has 4 rings (SSSR count). The molecule has 1 aliphatic heterocycles. The maximum Gasteiger partial charge on any atom is 0.496 e. The van der Waals surface area contributed by atoms with Crippen LogP contribution in [0.15, 0.2) is 42.7 Å². The summed E-state index contributed by atoms with van der Waals surface area (Å²) in [7, 11) is -0.601. The minimum Gasteiger partial charge on any atom is -0.480 e. The lowest BCUT2D eigenvalue weighted by molar-refractivity contribution is -0.140. The molecule has 1 unspecified atom stereocenters. The number of fused-ring (bicyclic) bond motifs is 1. The van der Waals surface area contributed by atoms with Crippen LogP contribution in [-0.4, -0.2) is 57.1 Å². The van der Waals surface area contributed by atoms with Crippen molar-refractivity contribution in [3.8, 4) is 0 Å². The van der Waals surface area contributed by atoms with E-state index < -0.39 is 36.9 Å². The second-order valence-electron chi connectivity index (χ2n) is 9.45. The van der Waals surface area contributed by atoms with Gasteiger partial charge in [-0.1, -0.05) is 23.7 Å². The molecular formula is C24H28BClN4O5. The maximum absolute atomic E-state index is 11.1. The molecule has 35 heavy (non-hydrogen) atoms. The summed E-state index contributed by atoms with van der Waals surface area (Å²) < 4.78 is 12.3. The first-order valence-electron chi connectivity index (χ1n) is 11.2. The Labute approximate surface area is 209 Å². The average Bonchev–Trinajstić information content (AvgIpc) is 3.02. The van der Waals surface area contributed by atoms with Gasteiger partial charge in [-0.15, -0.1) is 0 Å². The molecule has 1 atom stereocenters. The van der Waals surface area contributed by atoms with Gasteiger partial charge in [-0.3, -0.25) is 15.1 Å². The van der Waals surface area contributed by atoms with Crippen LogP contribution in [0.5, 0.6) is 0 Å². The Hall–Kier alpha value is -2.76. The van der Waals surface area contributed by atoms with Gasteiger partial charge in [-0.2, -0.15) is 0 Å². The molecule has 11 heteroatoms. The average molecular weight is 499 g/mol. The Kier molecular flexibility index (Phi) is 7.03. The van der Waals surface area contributed by atoms with Crippen molar-refractivity contribution >= 4 is 52.6 Å². The van der Waals surface area contributed by atoms with Gasteiger partial charge in [0, 0.05) is 29.8 Å². The van der Waals surface area contributed by atoms with E-state index in [9.17, 15) is 9.90 Å². The Morgan fingerprint density at radius 2 is 1.89 bits per heavy atom. The molecule has 0 saturated carbocycles. The van der Waals surface area contributed by atoms with Crippen molar-refractivity contribution in [1.29, 1.82) is 0 Å². The molecule has 1 fully saturated rings. The number of aliphatic carboxylic acids is 1. The summed E-state index contributed by atoms with van der Waals surface area (Å²) >= 11 is 6.76. The second-order valence-corrected chi connectivity index (χ2v) is 9.83. The largest absolute Gasteiger partial charge is 0.496 e. The molecule has 1 aliphatic rings. The quantitative estimate of drug-likeness (QED) is 0.347. The van der Waals surface area contributed by atoms with Crippen molar-refractivity contribution in [1.82, 2.24) is 15.3 Å². The van der Waals surface area contributed by atoms with Gasteiger partial charge in [0.15, 0.2) is 5.82 Å². The normalized spacial score (nSPS) is 17.5. The summed E-state index contributed by atoms with van der Waals surface area (Å²) in [6.45, 7) is 7.70. The van der Waals surface area contributed by atoms with Crippen LogP contribution in [0.2, 0.25) is 5.02 Å². The van der Waals surface area contributed by atoms with Crippen molar-refractivity contribution in [2.24, 2.45) is 0 Å². The highest BCUT2D eigenvalue weighted by Crippen LogP contribution is 2.38. The topological polar surface area (TPSA) is 126 Å². The van der Waals surface area contributed by atoms with Crippen LogP contribution in [0.4, 0.5) is 11.5 Å². The number of benzene rings is 1. The summed E-state index contributed by atoms with van der Waals surface area (Å²) in [5.74, 6) is -0.592. The fourth-order valence-electron chi connectivity index (χ4n) is 3.69. The number of aliphatic hydroxyl groups excluding tert-OH is 1. The molecule has 0 aliphatic carbocycles. The third kappa shape index (κ3) is 5.12. The van der Waals surface area contributed by atoms with Crippen LogP contribution in [0.1, 0.15) is 33.3 Å². The van der Waals surface area contributed by atoms with Crippen molar-refractivity contribution in [2.45, 2.75) is 51.5 Å². The van der Waals surface area contributed by atoms with Gasteiger partial charge in [0.25, 0.3) is 0 Å². The number of nitrogens with one attached hydrogen (secondary N) is 2. The van der Waals surface area contributed by atoms with Crippen molar-refractivity contribution in [2.75, 3.05) is 11.9 Å². The zero-order valence-electron chi connectivity index (χ0n) is 20.0. The number of halogens is 1. The number of aromatic nitrogens is 2. The molecule has 1 aromatic carbocycles. The molecule has 4 N–H and O–H groups in total. The number of rotatable bonds is 8. The molecule has 2 aromatic heterocycles. The van der Waals surface area contributed by atoms with Crippen LogP contribution < -0.4 is 16.1 Å². The zero-order valence-corrected chi connectivity index (χ0v) is 20.8. The standard InChI is InChI=1S/C24H28BClN4O5/c1-23(2)24(3,4)35-25(34-23)16-6-5-7-17(19(16)26)30-21-20-15(8-9-27-21)10-14(12-29-20)11-28-18(13-31)22(32)33/h5-10,12,18,28,31H,11,13H2,1-4H3,(H,27,30)(H,32,33). The molecule has 0 radical (unpaired) electrons. The maximum atomic E-state index is 11.1. The van der Waals surface area contributed by atoms with Gasteiger partial charge in [0.05, 0.1) is 28.5 Å². The first-order valence-corrected chi connectivity index (χ1v) is 11.6. The van der Waals surface area contributed by atoms with Crippen LogP contribution in [0.3, 0.4) is 0 Å². The van der Waals surface area contributed by atoms with E-state index >= 15 is 0 Å². The van der Waals surface area contributed by atoms with E-state index in [0.717, 1.165) is 10.9 Å². The molecule has 3 heterocycles. The van der Waals surface area contributed by atoms with E-state index in [1.54, 1.807) is 12.4 Å². The van der Waals surface area contributed by atoms with E-state index in [4.69, 9.17) is 26.0 Å². The highest BCUT2D eigenvalue weighted by Gasteiger charge is 2.52. The van der Waals surface area contributed by atoms with E-state index in [1.807, 2.05) is 58.0 Å². The fourth-order valence-corrected chi connectivity index (χ4v) is 3.95. The number of nitrogens with zero attached hydrogens (tertiary/aromatic N) is 2. The lowest BCUT2D eigenvalue weighted by atomic mass is 9.79. The summed E-state index contributed by atoms with van der Waals surface area (Å²) in [5, 5.41) is 25.6. The number of anilines is 2. The first kappa shape index (κ1) is 25.3. The third-order valence-electron chi connectivity index (χ3n) is 6.48. The number of hydrogen-bond acceptors (Lipinski definition) is 8. The van der Waals surface area contributed by atoms with E-state index in [-0.39, 0.29) is 6.54 Å². The zero-order chi connectivity index (χ0) is 25.4. The van der Waals surface area contributed by atoms with Gasteiger partial charge in [0.2, 0.25) is 0 Å². The second kappa shape index (κ2) is 9.71. The molecule has 3 aromatic rings. The van der Waals surface area contributed by atoms with Gasteiger partial charge >= 0.3 is 13.1 Å². The number of pyridine rings is 2. The van der Waals surface area contributed by atoms with Gasteiger partial charge in [-0.05, 0) is 51.5 Å². The molecule has 0 bridgehead atoms. The van der Waals surface area contributed by atoms with E-state index in [2.05, 4.69) is 20.6 Å². The molecule has 184 valence electrons. The number of hydrogen-bond donors (Lipinski definition) is 4. The summed E-state index contributed by atoms with van der Waals surface area (Å²) in [6.07, 6.45) is 3.30. The Morgan fingerprint density at radius 3 is 2.54 bits per heavy atom. The van der Waals surface area contributed by atoms with E-state index in [1.165, 1.54) is 0 Å². The number of carboxylic acid groups (broad SMARTS) is 1. The summed E-state index contributed by atoms with van der Waals surface area (Å²) in [6, 6.07) is 8.26. The molecule has 9 nitrogen and oxygen atoms in total. The van der Waals surface area contributed by atoms with Gasteiger partial charge in [-0.25, -0.2) is 4.98 Å². The highest BCUT2D eigenvalue weighted by atomic mass is 35.5. The van der Waals surface area contributed by atoms with Crippen LogP contribution in [0, 0.1) is 0 Å². The smallest absolute Gasteiger partial charge is 0.480 e. The Morgan fingerprint density at radius 1 is 1.17 bits per heavy atom. The SMILES string of the molecule is CC1(C)OB(c2cccc(Nc3nccc4cc(CNC(CO)C(=O)O)cnc34)c2Cl)OC1(C)C. The summed E-state index contributed by atoms with van der Waals surface area (Å²) in [4.78, 5) is 20.1. The highest BCUT2D eigenvalue weighted by molar-refractivity contribution is 6.66. The minimum absolute atomic E-state index is 0.244. The van der Waals surface area contributed by atoms with Crippen LogP contribution >= 0.6 is 11.6 Å². The number of aliphatic hydroxyl groups is 1. The fraction of sp³-hybridized carbons (Fsp3) is 0.375. The van der Waals surface area contributed by atoms with Gasteiger partial charge < -0.3 is 24.8 Å². The lowest BCUT2D eigenvalue weighted by Gasteiger charge is -2.32. The third-order valence-corrected chi connectivity index (χ3v) is 6.90. The van der Waals surface area contributed by atoms with Crippen molar-refractivity contribution in [3.05, 3.63) is 53.3 Å². The number of carboxylic acids is 1. The lowest BCUT2D eigenvalue weighted by Crippen LogP contribution is -2.41. The molecule has 0 amide bonds. The molecule has 1 saturated heterocycles. The van der Waals surface area contributed by atoms with Crippen LogP contribution in [-0.2, 0) is 20.6 Å². The minimum atomic E-state index is -1.11. The summed E-state index contributed by atoms with van der Waals surface area (Å²) in [5.41, 5.74) is 1.78. The monoisotopic (exact) mass is 498 g/mol. The van der Waals surface area contributed by atoms with Gasteiger partial charge in [0.1, 0.15) is 11.6 Å².